The van der Waals surface area contributed by atoms with Crippen molar-refractivity contribution >= 4 is 23.4 Å². The molecule has 0 aliphatic carbocycles. The van der Waals surface area contributed by atoms with Crippen LogP contribution in [-0.2, 0) is 11.8 Å². The Hall–Kier alpha value is -3.20. The average molecular weight is 412 g/mol. The lowest BCUT2D eigenvalue weighted by atomic mass is 10.2. The van der Waals surface area contributed by atoms with E-state index in [0.717, 1.165) is 5.75 Å². The minimum absolute atomic E-state index is 0.140. The maximum atomic E-state index is 12.3. The van der Waals surface area contributed by atoms with Gasteiger partial charge in [-0.3, -0.25) is 4.79 Å². The summed E-state index contributed by atoms with van der Waals surface area (Å²) >= 11 is 1.30. The van der Waals surface area contributed by atoms with Gasteiger partial charge in [-0.2, -0.15) is 0 Å². The van der Waals surface area contributed by atoms with Crippen molar-refractivity contribution in [3.05, 3.63) is 54.4 Å². The van der Waals surface area contributed by atoms with Crippen molar-refractivity contribution in [3.8, 4) is 17.2 Å². The van der Waals surface area contributed by atoms with E-state index in [2.05, 4.69) is 15.5 Å². The van der Waals surface area contributed by atoms with E-state index in [0.29, 0.717) is 34.8 Å². The second-order valence-corrected chi connectivity index (χ2v) is 7.28. The number of carbonyl (C=O) groups is 1. The Morgan fingerprint density at radius 3 is 2.90 bits per heavy atom. The van der Waals surface area contributed by atoms with E-state index < -0.39 is 0 Å². The third kappa shape index (κ3) is 4.29. The second kappa shape index (κ2) is 8.44. The summed E-state index contributed by atoms with van der Waals surface area (Å²) < 4.78 is 18.7. The van der Waals surface area contributed by atoms with Gasteiger partial charge < -0.3 is 24.1 Å². The molecular formula is C20H20N4O4S. The first-order chi connectivity index (χ1) is 14.1. The molecule has 4 rings (SSSR count). The number of hydrogen-bond acceptors (Lipinski definition) is 7. The van der Waals surface area contributed by atoms with Crippen LogP contribution in [0.4, 0.5) is 5.69 Å². The Bertz CT molecular complexity index is 1020. The quantitative estimate of drug-likeness (QED) is 0.623. The number of fused-ring (bicyclic) bond motifs is 1. The van der Waals surface area contributed by atoms with Crippen molar-refractivity contribution in [1.29, 1.82) is 0 Å². The SMILES string of the molecule is COc1cccc(NC(=O)CSc2nnc([C@@H]3COc4ccccc4O3)n2C)c1. The van der Waals surface area contributed by atoms with E-state index in [1.807, 2.05) is 54.1 Å². The largest absolute Gasteiger partial charge is 0.497 e. The first-order valence-corrected chi connectivity index (χ1v) is 9.97. The van der Waals surface area contributed by atoms with Crippen LogP contribution in [0.25, 0.3) is 0 Å². The highest BCUT2D eigenvalue weighted by atomic mass is 32.2. The number of rotatable bonds is 6. The number of amides is 1. The monoisotopic (exact) mass is 412 g/mol. The molecule has 8 nitrogen and oxygen atoms in total. The van der Waals surface area contributed by atoms with Gasteiger partial charge in [-0.05, 0) is 24.3 Å². The molecule has 0 unspecified atom stereocenters. The molecule has 0 bridgehead atoms. The zero-order valence-electron chi connectivity index (χ0n) is 16.0. The van der Waals surface area contributed by atoms with Gasteiger partial charge >= 0.3 is 0 Å². The van der Waals surface area contributed by atoms with Crippen molar-refractivity contribution in [2.24, 2.45) is 7.05 Å². The molecule has 29 heavy (non-hydrogen) atoms. The van der Waals surface area contributed by atoms with Gasteiger partial charge in [-0.25, -0.2) is 0 Å². The van der Waals surface area contributed by atoms with E-state index in [9.17, 15) is 4.79 Å². The van der Waals surface area contributed by atoms with E-state index in [1.54, 1.807) is 13.2 Å². The number of hydrogen-bond donors (Lipinski definition) is 1. The number of carbonyl (C=O) groups excluding carboxylic acids is 1. The van der Waals surface area contributed by atoms with Crippen molar-refractivity contribution in [3.63, 3.8) is 0 Å². The molecular weight excluding hydrogens is 392 g/mol. The Balaban J connectivity index is 1.37. The Morgan fingerprint density at radius 2 is 2.07 bits per heavy atom. The van der Waals surface area contributed by atoms with Crippen LogP contribution in [0.15, 0.2) is 53.7 Å². The number of nitrogens with one attached hydrogen (secondary N) is 1. The summed E-state index contributed by atoms with van der Waals surface area (Å²) in [4.78, 5) is 12.3. The minimum atomic E-state index is -0.359. The third-order valence-corrected chi connectivity index (χ3v) is 5.37. The Labute approximate surface area is 172 Å². The highest BCUT2D eigenvalue weighted by molar-refractivity contribution is 7.99. The second-order valence-electron chi connectivity index (χ2n) is 6.33. The van der Waals surface area contributed by atoms with Crippen molar-refractivity contribution in [2.45, 2.75) is 11.3 Å². The molecule has 9 heteroatoms. The molecule has 1 N–H and O–H groups in total. The van der Waals surface area contributed by atoms with Crippen LogP contribution in [-0.4, -0.2) is 40.1 Å². The maximum absolute atomic E-state index is 12.3. The Kier molecular flexibility index (Phi) is 5.57. The highest BCUT2D eigenvalue weighted by Crippen LogP contribution is 2.35. The van der Waals surface area contributed by atoms with E-state index in [-0.39, 0.29) is 17.8 Å². The van der Waals surface area contributed by atoms with Crippen LogP contribution in [0.1, 0.15) is 11.9 Å². The van der Waals surface area contributed by atoms with Gasteiger partial charge in [0, 0.05) is 18.8 Å². The highest BCUT2D eigenvalue weighted by Gasteiger charge is 2.27. The van der Waals surface area contributed by atoms with E-state index >= 15 is 0 Å². The van der Waals surface area contributed by atoms with Crippen LogP contribution < -0.4 is 19.5 Å². The van der Waals surface area contributed by atoms with E-state index in [1.165, 1.54) is 11.8 Å². The molecule has 150 valence electrons. The molecule has 1 atom stereocenters. The topological polar surface area (TPSA) is 87.5 Å². The van der Waals surface area contributed by atoms with Crippen LogP contribution in [0.3, 0.4) is 0 Å². The molecule has 2 aromatic carbocycles. The number of benzene rings is 2. The zero-order chi connectivity index (χ0) is 20.2. The summed E-state index contributed by atoms with van der Waals surface area (Å²) in [6.45, 7) is 0.351. The fourth-order valence-corrected chi connectivity index (χ4v) is 3.63. The number of aromatic nitrogens is 3. The predicted molar refractivity (Wildman–Crippen MR) is 109 cm³/mol. The summed E-state index contributed by atoms with van der Waals surface area (Å²) in [5.41, 5.74) is 0.681. The van der Waals surface area contributed by atoms with Gasteiger partial charge in [0.25, 0.3) is 0 Å². The third-order valence-electron chi connectivity index (χ3n) is 4.35. The number of methoxy groups -OCH3 is 1. The first kappa shape index (κ1) is 19.1. The summed E-state index contributed by atoms with van der Waals surface area (Å²) in [7, 11) is 3.43. The summed E-state index contributed by atoms with van der Waals surface area (Å²) in [5, 5.41) is 11.9. The molecule has 1 aromatic heterocycles. The Morgan fingerprint density at radius 1 is 1.24 bits per heavy atom. The molecule has 2 heterocycles. The molecule has 1 aliphatic rings. The van der Waals surface area contributed by atoms with Gasteiger partial charge in [0.1, 0.15) is 12.4 Å². The summed E-state index contributed by atoms with van der Waals surface area (Å²) in [6, 6.07) is 14.7. The van der Waals surface area contributed by atoms with Crippen molar-refractivity contribution in [2.75, 3.05) is 24.8 Å². The molecule has 0 fully saturated rings. The lowest BCUT2D eigenvalue weighted by molar-refractivity contribution is -0.113. The van der Waals surface area contributed by atoms with Gasteiger partial charge in [0.2, 0.25) is 5.91 Å². The number of thioether (sulfide) groups is 1. The molecule has 0 saturated carbocycles. The zero-order valence-corrected chi connectivity index (χ0v) is 16.8. The van der Waals surface area contributed by atoms with Crippen LogP contribution in [0.2, 0.25) is 0 Å². The number of para-hydroxylation sites is 2. The summed E-state index contributed by atoms with van der Waals surface area (Å²) in [6.07, 6.45) is -0.359. The summed E-state index contributed by atoms with van der Waals surface area (Å²) in [5.74, 6) is 2.79. The lowest BCUT2D eigenvalue weighted by Gasteiger charge is -2.25. The minimum Gasteiger partial charge on any atom is -0.497 e. The lowest BCUT2D eigenvalue weighted by Crippen LogP contribution is -2.24. The molecule has 1 aliphatic heterocycles. The number of nitrogens with zero attached hydrogens (tertiary/aromatic N) is 3. The fourth-order valence-electron chi connectivity index (χ4n) is 2.91. The number of ether oxygens (including phenoxy) is 3. The normalized spacial score (nSPS) is 15.0. The predicted octanol–water partition coefficient (Wildman–Crippen LogP) is 3.07. The number of anilines is 1. The van der Waals surface area contributed by atoms with Crippen LogP contribution >= 0.6 is 11.8 Å². The smallest absolute Gasteiger partial charge is 0.234 e. The first-order valence-electron chi connectivity index (χ1n) is 8.98. The van der Waals surface area contributed by atoms with Crippen molar-refractivity contribution < 1.29 is 19.0 Å². The molecule has 3 aromatic rings. The standard InChI is InChI=1S/C20H20N4O4S/c1-24-19(17-11-27-15-8-3-4-9-16(15)28-17)22-23-20(24)29-12-18(25)21-13-6-5-7-14(10-13)26-2/h3-10,17H,11-12H2,1-2H3,(H,21,25)/t17-/m0/s1. The van der Waals surface area contributed by atoms with Gasteiger partial charge in [-0.15, -0.1) is 10.2 Å². The molecule has 0 spiro atoms. The average Bonchev–Trinajstić information content (AvgIpc) is 3.12. The van der Waals surface area contributed by atoms with E-state index in [4.69, 9.17) is 14.2 Å². The van der Waals surface area contributed by atoms with Gasteiger partial charge in [0.05, 0.1) is 12.9 Å². The molecule has 0 saturated heterocycles. The van der Waals surface area contributed by atoms with Crippen LogP contribution in [0.5, 0.6) is 17.2 Å². The van der Waals surface area contributed by atoms with Crippen molar-refractivity contribution in [1.82, 2.24) is 14.8 Å². The molecule has 1 amide bonds. The van der Waals surface area contributed by atoms with Gasteiger partial charge in [0.15, 0.2) is 28.6 Å². The van der Waals surface area contributed by atoms with Crippen LogP contribution in [0, 0.1) is 0 Å². The molecule has 0 radical (unpaired) electrons. The van der Waals surface area contributed by atoms with Gasteiger partial charge in [-0.1, -0.05) is 30.0 Å². The fraction of sp³-hybridized carbons (Fsp3) is 0.250. The maximum Gasteiger partial charge on any atom is 0.234 e.